The monoisotopic (exact) mass is 802 g/mol. The van der Waals surface area contributed by atoms with Crippen LogP contribution in [0.1, 0.15) is 97.5 Å². The molecule has 2 saturated carbocycles. The van der Waals surface area contributed by atoms with Crippen LogP contribution < -0.4 is 20.1 Å². The number of carbonyl (C=O) groups excluding carboxylic acids is 4. The summed E-state index contributed by atoms with van der Waals surface area (Å²) in [7, 11) is -3.88. The van der Waals surface area contributed by atoms with E-state index in [1.54, 1.807) is 0 Å². The van der Waals surface area contributed by atoms with Crippen molar-refractivity contribution in [3.05, 3.63) is 54.1 Å². The van der Waals surface area contributed by atoms with E-state index in [1.165, 1.54) is 4.90 Å². The zero-order valence-corrected chi connectivity index (χ0v) is 34.0. The van der Waals surface area contributed by atoms with Gasteiger partial charge in [-0.05, 0) is 67.6 Å². The van der Waals surface area contributed by atoms with E-state index in [-0.39, 0.29) is 37.8 Å². The van der Waals surface area contributed by atoms with E-state index in [1.807, 2.05) is 70.2 Å². The van der Waals surface area contributed by atoms with Gasteiger partial charge in [-0.1, -0.05) is 89.8 Å². The molecular weight excluding hydrogens is 749 g/mol. The molecule has 5 atom stereocenters. The van der Waals surface area contributed by atoms with Gasteiger partial charge in [-0.15, -0.1) is 0 Å². The summed E-state index contributed by atoms with van der Waals surface area (Å²) >= 11 is 0. The van der Waals surface area contributed by atoms with E-state index in [9.17, 15) is 27.6 Å². The van der Waals surface area contributed by atoms with Crippen molar-refractivity contribution in [1.29, 1.82) is 0 Å². The number of aryl methyl sites for hydroxylation is 1. The topological polar surface area (TPSA) is 186 Å². The second-order valence-corrected chi connectivity index (χ2v) is 19.1. The summed E-state index contributed by atoms with van der Waals surface area (Å²) in [5, 5.41) is 5.05. The molecule has 5 bridgehead atoms. The molecule has 4 amide bonds. The molecule has 3 fully saturated rings. The van der Waals surface area contributed by atoms with Crippen molar-refractivity contribution < 1.29 is 37.1 Å². The van der Waals surface area contributed by atoms with Crippen LogP contribution in [0.15, 0.2) is 48.5 Å². The molecule has 3 aromatic rings. The molecule has 4 aliphatic rings. The lowest BCUT2D eigenvalue weighted by Gasteiger charge is -2.35. The van der Waals surface area contributed by atoms with Gasteiger partial charge in [-0.3, -0.25) is 19.1 Å². The fourth-order valence-electron chi connectivity index (χ4n) is 8.03. The Hall–Kier alpha value is -4.79. The van der Waals surface area contributed by atoms with Gasteiger partial charge in [0.1, 0.15) is 29.4 Å². The Morgan fingerprint density at radius 2 is 1.72 bits per heavy atom. The Bertz CT molecular complexity index is 2120. The van der Waals surface area contributed by atoms with Gasteiger partial charge < -0.3 is 25.0 Å². The highest BCUT2D eigenvalue weighted by molar-refractivity contribution is 7.91. The minimum atomic E-state index is -3.88. The Morgan fingerprint density at radius 1 is 0.982 bits per heavy atom. The molecule has 7 rings (SSSR count). The van der Waals surface area contributed by atoms with Crippen LogP contribution in [-0.2, 0) is 35.6 Å². The van der Waals surface area contributed by atoms with Crippen molar-refractivity contribution in [3.8, 4) is 17.1 Å². The fraction of sp³-hybridized carbons (Fsp3) is 0.571. The Morgan fingerprint density at radius 3 is 2.42 bits per heavy atom. The van der Waals surface area contributed by atoms with Gasteiger partial charge in [-0.25, -0.2) is 23.2 Å². The van der Waals surface area contributed by atoms with Crippen LogP contribution in [0.5, 0.6) is 5.88 Å². The van der Waals surface area contributed by atoms with Crippen molar-refractivity contribution in [2.75, 3.05) is 13.2 Å². The summed E-state index contributed by atoms with van der Waals surface area (Å²) in [4.78, 5) is 67.4. The second kappa shape index (κ2) is 16.2. The van der Waals surface area contributed by atoms with E-state index in [0.29, 0.717) is 42.4 Å². The largest absolute Gasteiger partial charge is 0.471 e. The van der Waals surface area contributed by atoms with E-state index in [0.717, 1.165) is 43.2 Å². The first-order chi connectivity index (χ1) is 27.2. The van der Waals surface area contributed by atoms with E-state index < -0.39 is 68.2 Å². The zero-order chi connectivity index (χ0) is 40.5. The van der Waals surface area contributed by atoms with Gasteiger partial charge in [0.05, 0.1) is 29.4 Å². The molecule has 3 N–H and O–H groups in total. The van der Waals surface area contributed by atoms with E-state index in [4.69, 9.17) is 19.4 Å². The third kappa shape index (κ3) is 9.03. The first-order valence-electron chi connectivity index (χ1n) is 20.3. The maximum Gasteiger partial charge on any atom is 0.407 e. The van der Waals surface area contributed by atoms with Crippen molar-refractivity contribution in [1.82, 2.24) is 30.2 Å². The summed E-state index contributed by atoms with van der Waals surface area (Å²) in [6.07, 6.45) is 5.72. The number of hydrogen-bond acceptors (Lipinski definition) is 10. The Labute approximate surface area is 334 Å². The summed E-state index contributed by atoms with van der Waals surface area (Å²) in [5.74, 6) is -1.95. The number of hydrogen-bond donors (Lipinski definition) is 3. The number of ether oxygens (including phenoxy) is 2. The zero-order valence-electron chi connectivity index (χ0n) is 33.2. The third-order valence-electron chi connectivity index (χ3n) is 11.6. The summed E-state index contributed by atoms with van der Waals surface area (Å²) in [6, 6.07) is 13.4. The molecule has 2 aromatic carbocycles. The molecule has 306 valence electrons. The number of cyclic esters (lactones) is 1. The lowest BCUT2D eigenvalue weighted by molar-refractivity contribution is -0.143. The van der Waals surface area contributed by atoms with Gasteiger partial charge in [0.15, 0.2) is 0 Å². The van der Waals surface area contributed by atoms with E-state index >= 15 is 0 Å². The number of fused-ring (bicyclic) bond motifs is 4. The number of nitrogens with one attached hydrogen (secondary N) is 3. The molecule has 1 aromatic heterocycles. The van der Waals surface area contributed by atoms with Crippen LogP contribution in [0.2, 0.25) is 0 Å². The summed E-state index contributed by atoms with van der Waals surface area (Å²) < 4.78 is 40.0. The average Bonchev–Trinajstić information content (AvgIpc) is 4.10. The predicted octanol–water partition coefficient (Wildman–Crippen LogP) is 5.19. The van der Waals surface area contributed by atoms with Crippen LogP contribution in [0, 0.1) is 11.3 Å². The van der Waals surface area contributed by atoms with Crippen molar-refractivity contribution >= 4 is 44.9 Å². The van der Waals surface area contributed by atoms with Crippen molar-refractivity contribution in [2.45, 2.75) is 127 Å². The van der Waals surface area contributed by atoms with Gasteiger partial charge in [-0.2, -0.15) is 0 Å². The first kappa shape index (κ1) is 40.4. The van der Waals surface area contributed by atoms with Crippen LogP contribution in [-0.4, -0.2) is 89.2 Å². The maximum atomic E-state index is 14.7. The Balaban J connectivity index is 1.24. The highest BCUT2D eigenvalue weighted by atomic mass is 32.2. The molecule has 57 heavy (non-hydrogen) atoms. The number of sulfonamides is 1. The third-order valence-corrected chi connectivity index (χ3v) is 13.5. The number of carbonyl (C=O) groups is 4. The van der Waals surface area contributed by atoms with Gasteiger partial charge in [0.25, 0.3) is 5.91 Å². The molecular formula is C42H54N6O8S. The van der Waals surface area contributed by atoms with Crippen LogP contribution >= 0.6 is 0 Å². The minimum Gasteiger partial charge on any atom is -0.471 e. The second-order valence-electron chi connectivity index (χ2n) is 17.1. The lowest BCUT2D eigenvalue weighted by Crippen LogP contribution is -2.60. The van der Waals surface area contributed by atoms with E-state index in [2.05, 4.69) is 21.4 Å². The quantitative estimate of drug-likeness (QED) is 0.287. The van der Waals surface area contributed by atoms with Gasteiger partial charge in [0.2, 0.25) is 27.7 Å². The SMILES string of the molecule is CC[C@@H]1C[C@@]1(NC(=O)[C@@H]1C[C@@H]2CN1C(=O)[C@H](C(C)(C)C)NC(=O)OCCCCCCCc1ccc3nc(-c4ccccc4)c(nc3c1)O2)C(=O)NS(=O)(=O)C1CC1. The molecule has 1 saturated heterocycles. The summed E-state index contributed by atoms with van der Waals surface area (Å²) in [6.45, 7) is 7.49. The average molecular weight is 803 g/mol. The van der Waals surface area contributed by atoms with Crippen molar-refractivity contribution in [2.24, 2.45) is 11.3 Å². The van der Waals surface area contributed by atoms with Crippen LogP contribution in [0.4, 0.5) is 4.79 Å². The number of amides is 4. The molecule has 0 unspecified atom stereocenters. The molecule has 0 spiro atoms. The molecule has 3 heterocycles. The lowest BCUT2D eigenvalue weighted by atomic mass is 9.85. The normalized spacial score (nSPS) is 26.2. The van der Waals surface area contributed by atoms with Crippen LogP contribution in [0.3, 0.4) is 0 Å². The molecule has 2 aliphatic carbocycles. The molecule has 15 heteroatoms. The Kier molecular flexibility index (Phi) is 11.5. The predicted molar refractivity (Wildman–Crippen MR) is 213 cm³/mol. The summed E-state index contributed by atoms with van der Waals surface area (Å²) in [5.41, 5.74) is 1.53. The number of aromatic nitrogens is 2. The minimum absolute atomic E-state index is 0.0295. The van der Waals surface area contributed by atoms with Crippen LogP contribution in [0.25, 0.3) is 22.3 Å². The highest BCUT2D eigenvalue weighted by Crippen LogP contribution is 2.47. The standard InChI is InChI=1S/C42H54N6O8S/c1-5-28-24-42(28,39(51)47-57(53,54)30-18-19-30)46-36(49)33-23-29-25-48(33)38(50)35(41(2,3)4)45-40(52)55-21-13-8-6-7-10-14-26-17-20-31-32(22-26)44-37(56-29)34(43-31)27-15-11-9-12-16-27/h9,11-12,15-17,20,22,28-30,33,35H,5-8,10,13-14,18-19,21,23-25H2,1-4H3,(H,45,52)(H,46,49)(H,47,51)/t28-,29-,33+,35-,42+/m1/s1. The fourth-order valence-corrected chi connectivity index (χ4v) is 9.40. The number of alkyl carbamates (subject to hydrolysis) is 1. The smallest absolute Gasteiger partial charge is 0.407 e. The molecule has 14 nitrogen and oxygen atoms in total. The number of rotatable bonds is 7. The van der Waals surface area contributed by atoms with Gasteiger partial charge in [0, 0.05) is 12.0 Å². The number of benzene rings is 2. The maximum absolute atomic E-state index is 14.7. The highest BCUT2D eigenvalue weighted by Gasteiger charge is 2.62. The molecule has 2 aliphatic heterocycles. The van der Waals surface area contributed by atoms with Gasteiger partial charge >= 0.3 is 6.09 Å². The first-order valence-corrected chi connectivity index (χ1v) is 21.9. The number of nitrogens with zero attached hydrogens (tertiary/aromatic N) is 3. The molecule has 0 radical (unpaired) electrons. The van der Waals surface area contributed by atoms with Crippen molar-refractivity contribution in [3.63, 3.8) is 0 Å².